The van der Waals surface area contributed by atoms with Crippen molar-refractivity contribution in [2.24, 2.45) is 4.99 Å². The summed E-state index contributed by atoms with van der Waals surface area (Å²) in [6, 6.07) is 11.9. The summed E-state index contributed by atoms with van der Waals surface area (Å²) in [5.74, 6) is 0.787. The molecule has 1 aromatic carbocycles. The molecule has 1 unspecified atom stereocenters. The minimum atomic E-state index is -0.0557. The number of carbonyl (C=O) groups is 1. The first-order valence-electron chi connectivity index (χ1n) is 10.1. The smallest absolute Gasteiger partial charge is 0.251 e. The molecule has 0 radical (unpaired) electrons. The number of halogens is 1. The maximum Gasteiger partial charge on any atom is 0.251 e. The molecule has 2 aromatic rings. The average Bonchev–Trinajstić information content (AvgIpc) is 3.45. The Bertz CT molecular complexity index is 807. The van der Waals surface area contributed by atoms with Crippen LogP contribution in [0.1, 0.15) is 33.6 Å². The van der Waals surface area contributed by atoms with Gasteiger partial charge in [-0.2, -0.15) is 0 Å². The van der Waals surface area contributed by atoms with Crippen LogP contribution in [0.3, 0.4) is 0 Å². The summed E-state index contributed by atoms with van der Waals surface area (Å²) >= 11 is 1.78. The Labute approximate surface area is 200 Å². The lowest BCUT2D eigenvalue weighted by atomic mass is 10.1. The van der Waals surface area contributed by atoms with Crippen molar-refractivity contribution < 1.29 is 9.53 Å². The Balaban J connectivity index is 0.00000320. The van der Waals surface area contributed by atoms with Crippen molar-refractivity contribution in [2.45, 2.75) is 31.9 Å². The molecule has 1 aliphatic heterocycles. The standard InChI is InChI=1S/C22H30N4O2S.HI/c1-23-22(26(2)11-10-20-9-5-13-29-20)25-15-17-6-3-7-18(14-17)21(27)24-16-19-8-4-12-28-19;/h3,5-7,9,13-14,19H,4,8,10-12,15-16H2,1-2H3,(H,23,25)(H,24,27);1H. The van der Waals surface area contributed by atoms with E-state index in [1.54, 1.807) is 18.4 Å². The molecular formula is C22H31IN4O2S. The number of hydrogen-bond acceptors (Lipinski definition) is 4. The van der Waals surface area contributed by atoms with Gasteiger partial charge in [0.15, 0.2) is 5.96 Å². The molecule has 3 rings (SSSR count). The predicted molar refractivity (Wildman–Crippen MR) is 134 cm³/mol. The Kier molecular flexibility index (Phi) is 10.6. The molecule has 1 aliphatic rings. The molecule has 1 aromatic heterocycles. The summed E-state index contributed by atoms with van der Waals surface area (Å²) in [6.45, 7) is 2.88. The Hall–Kier alpha value is -1.65. The number of carbonyl (C=O) groups excluding carboxylic acids is 1. The fourth-order valence-electron chi connectivity index (χ4n) is 3.34. The third-order valence-corrected chi connectivity index (χ3v) is 5.94. The van der Waals surface area contributed by atoms with Gasteiger partial charge in [-0.05, 0) is 48.4 Å². The normalized spacial score (nSPS) is 16.1. The molecule has 8 heteroatoms. The highest BCUT2D eigenvalue weighted by Gasteiger charge is 2.16. The fraction of sp³-hybridized carbons (Fsp3) is 0.455. The number of rotatable bonds is 8. The van der Waals surface area contributed by atoms with Crippen LogP contribution in [0.25, 0.3) is 0 Å². The monoisotopic (exact) mass is 542 g/mol. The van der Waals surface area contributed by atoms with Crippen LogP contribution in [0.2, 0.25) is 0 Å². The number of ether oxygens (including phenoxy) is 1. The molecule has 0 aliphatic carbocycles. The van der Waals surface area contributed by atoms with Crippen LogP contribution in [-0.2, 0) is 17.7 Å². The Morgan fingerprint density at radius 1 is 1.30 bits per heavy atom. The van der Waals surface area contributed by atoms with Gasteiger partial charge in [0.1, 0.15) is 0 Å². The Morgan fingerprint density at radius 3 is 2.87 bits per heavy atom. The van der Waals surface area contributed by atoms with Crippen LogP contribution in [0, 0.1) is 0 Å². The van der Waals surface area contributed by atoms with Crippen LogP contribution >= 0.6 is 35.3 Å². The van der Waals surface area contributed by atoms with Crippen molar-refractivity contribution in [2.75, 3.05) is 33.8 Å². The quantitative estimate of drug-likeness (QED) is 0.305. The van der Waals surface area contributed by atoms with Crippen LogP contribution in [0.15, 0.2) is 46.8 Å². The van der Waals surface area contributed by atoms with Crippen molar-refractivity contribution in [1.82, 2.24) is 15.5 Å². The highest BCUT2D eigenvalue weighted by atomic mass is 127. The number of thiophene rings is 1. The zero-order valence-corrected chi connectivity index (χ0v) is 20.7. The van der Waals surface area contributed by atoms with Crippen molar-refractivity contribution in [1.29, 1.82) is 0 Å². The van der Waals surface area contributed by atoms with E-state index in [-0.39, 0.29) is 36.0 Å². The lowest BCUT2D eigenvalue weighted by Crippen LogP contribution is -2.39. The topological polar surface area (TPSA) is 66.0 Å². The molecule has 30 heavy (non-hydrogen) atoms. The third-order valence-electron chi connectivity index (χ3n) is 5.00. The van der Waals surface area contributed by atoms with E-state index in [1.807, 2.05) is 31.3 Å². The molecule has 0 bridgehead atoms. The third kappa shape index (κ3) is 7.55. The number of aliphatic imine (C=N–C) groups is 1. The molecule has 0 spiro atoms. The number of guanidine groups is 1. The van der Waals surface area contributed by atoms with Crippen molar-refractivity contribution in [3.05, 3.63) is 57.8 Å². The summed E-state index contributed by atoms with van der Waals surface area (Å²) < 4.78 is 5.56. The van der Waals surface area contributed by atoms with E-state index in [0.29, 0.717) is 18.7 Å². The van der Waals surface area contributed by atoms with E-state index in [0.717, 1.165) is 43.9 Å². The second-order valence-electron chi connectivity index (χ2n) is 7.20. The maximum atomic E-state index is 12.4. The molecule has 164 valence electrons. The van der Waals surface area contributed by atoms with Gasteiger partial charge >= 0.3 is 0 Å². The van der Waals surface area contributed by atoms with Crippen LogP contribution < -0.4 is 10.6 Å². The van der Waals surface area contributed by atoms with Gasteiger partial charge in [-0.1, -0.05) is 18.2 Å². The fourth-order valence-corrected chi connectivity index (χ4v) is 4.04. The summed E-state index contributed by atoms with van der Waals surface area (Å²) in [5, 5.41) is 8.47. The number of nitrogens with one attached hydrogen (secondary N) is 2. The molecule has 0 saturated carbocycles. The molecule has 1 fully saturated rings. The van der Waals surface area contributed by atoms with Gasteiger partial charge < -0.3 is 20.3 Å². The van der Waals surface area contributed by atoms with Gasteiger partial charge in [-0.25, -0.2) is 0 Å². The van der Waals surface area contributed by atoms with Gasteiger partial charge in [-0.3, -0.25) is 9.79 Å². The second-order valence-corrected chi connectivity index (χ2v) is 8.23. The molecule has 1 atom stereocenters. The Morgan fingerprint density at radius 2 is 2.17 bits per heavy atom. The van der Waals surface area contributed by atoms with Crippen LogP contribution in [0.5, 0.6) is 0 Å². The average molecular weight is 542 g/mol. The first-order chi connectivity index (χ1) is 14.2. The SMILES string of the molecule is CN=C(NCc1cccc(C(=O)NCC2CCCO2)c1)N(C)CCc1cccs1.I. The number of likely N-dealkylation sites (N-methyl/N-ethyl adjacent to an activating group) is 1. The van der Waals surface area contributed by atoms with E-state index < -0.39 is 0 Å². The minimum absolute atomic E-state index is 0. The minimum Gasteiger partial charge on any atom is -0.376 e. The van der Waals surface area contributed by atoms with Crippen molar-refractivity contribution in [3.63, 3.8) is 0 Å². The lowest BCUT2D eigenvalue weighted by molar-refractivity contribution is 0.0857. The number of amides is 1. The van der Waals surface area contributed by atoms with E-state index in [4.69, 9.17) is 4.74 Å². The maximum absolute atomic E-state index is 12.4. The zero-order chi connectivity index (χ0) is 20.5. The second kappa shape index (κ2) is 12.9. The van der Waals surface area contributed by atoms with Gasteiger partial charge in [0.2, 0.25) is 0 Å². The van der Waals surface area contributed by atoms with Gasteiger partial charge in [0.25, 0.3) is 5.91 Å². The predicted octanol–water partition coefficient (Wildman–Crippen LogP) is 3.52. The lowest BCUT2D eigenvalue weighted by Gasteiger charge is -2.22. The van der Waals surface area contributed by atoms with E-state index in [1.165, 1.54) is 4.88 Å². The highest BCUT2D eigenvalue weighted by Crippen LogP contribution is 2.12. The van der Waals surface area contributed by atoms with E-state index in [9.17, 15) is 4.79 Å². The highest BCUT2D eigenvalue weighted by molar-refractivity contribution is 14.0. The first-order valence-corrected chi connectivity index (χ1v) is 11.0. The van der Waals surface area contributed by atoms with Gasteiger partial charge in [0, 0.05) is 50.8 Å². The van der Waals surface area contributed by atoms with Gasteiger partial charge in [-0.15, -0.1) is 35.3 Å². The summed E-state index contributed by atoms with van der Waals surface area (Å²) in [7, 11) is 3.83. The largest absolute Gasteiger partial charge is 0.376 e. The number of hydrogen-bond donors (Lipinski definition) is 2. The van der Waals surface area contributed by atoms with E-state index in [2.05, 4.69) is 38.0 Å². The first kappa shape index (κ1) is 24.6. The summed E-state index contributed by atoms with van der Waals surface area (Å²) in [5.41, 5.74) is 1.71. The van der Waals surface area contributed by atoms with Crippen molar-refractivity contribution in [3.8, 4) is 0 Å². The van der Waals surface area contributed by atoms with Crippen molar-refractivity contribution >= 4 is 47.2 Å². The van der Waals surface area contributed by atoms with E-state index >= 15 is 0 Å². The molecule has 1 amide bonds. The molecule has 6 nitrogen and oxygen atoms in total. The summed E-state index contributed by atoms with van der Waals surface area (Å²) in [6.07, 6.45) is 3.24. The molecule has 1 saturated heterocycles. The zero-order valence-electron chi connectivity index (χ0n) is 17.6. The molecule has 2 heterocycles. The summed E-state index contributed by atoms with van der Waals surface area (Å²) in [4.78, 5) is 20.3. The molecule has 2 N–H and O–H groups in total. The number of benzene rings is 1. The molecular weight excluding hydrogens is 511 g/mol. The number of nitrogens with zero attached hydrogens (tertiary/aromatic N) is 2. The van der Waals surface area contributed by atoms with Crippen LogP contribution in [-0.4, -0.2) is 56.7 Å². The van der Waals surface area contributed by atoms with Crippen LogP contribution in [0.4, 0.5) is 0 Å². The van der Waals surface area contributed by atoms with Gasteiger partial charge in [0.05, 0.1) is 6.10 Å².